The van der Waals surface area contributed by atoms with E-state index in [4.69, 9.17) is 18.9 Å². The lowest BCUT2D eigenvalue weighted by Crippen LogP contribution is -2.44. The molecule has 0 saturated carbocycles. The van der Waals surface area contributed by atoms with Gasteiger partial charge in [-0.25, -0.2) is 4.98 Å². The number of aryl methyl sites for hydroxylation is 1. The molecule has 3 aromatic carbocycles. The molecule has 4 atom stereocenters. The summed E-state index contributed by atoms with van der Waals surface area (Å²) >= 11 is 0. The van der Waals surface area contributed by atoms with Gasteiger partial charge in [0.15, 0.2) is 0 Å². The van der Waals surface area contributed by atoms with E-state index in [1.54, 1.807) is 6.07 Å². The number of rotatable bonds is 11. The van der Waals surface area contributed by atoms with Gasteiger partial charge in [0.25, 0.3) is 0 Å². The van der Waals surface area contributed by atoms with Crippen molar-refractivity contribution in [1.82, 2.24) is 4.98 Å². The van der Waals surface area contributed by atoms with Crippen molar-refractivity contribution in [3.63, 3.8) is 0 Å². The maximum absolute atomic E-state index is 12.1. The molecule has 1 N–H and O–H groups in total. The minimum Gasteiger partial charge on any atom is -0.473 e. The van der Waals surface area contributed by atoms with Crippen LogP contribution in [0.4, 0.5) is 0 Å². The van der Waals surface area contributed by atoms with Gasteiger partial charge in [-0.1, -0.05) is 97.9 Å². The Morgan fingerprint density at radius 3 is 1.82 bits per heavy atom. The van der Waals surface area contributed by atoms with E-state index in [2.05, 4.69) is 4.98 Å². The number of benzene rings is 3. The van der Waals surface area contributed by atoms with Gasteiger partial charge in [0.1, 0.15) is 18.8 Å². The van der Waals surface area contributed by atoms with Gasteiger partial charge in [-0.05, 0) is 36.1 Å². The fourth-order valence-corrected chi connectivity index (χ4v) is 4.97. The SMILES string of the molecule is CC[C@H]1O[C@@](O)(c2ccc(OCc3ccccc3)nc2C)C(OCc2ccccc2)[C@H]1OCc1ccccc1. The maximum atomic E-state index is 12.1. The van der Waals surface area contributed by atoms with Crippen LogP contribution < -0.4 is 4.74 Å². The number of hydrogen-bond donors (Lipinski definition) is 1. The van der Waals surface area contributed by atoms with Crippen LogP contribution in [0.1, 0.15) is 41.3 Å². The van der Waals surface area contributed by atoms with Crippen molar-refractivity contribution in [3.05, 3.63) is 131 Å². The number of pyridine rings is 1. The topological polar surface area (TPSA) is 70.0 Å². The second kappa shape index (κ2) is 12.5. The molecular formula is C33H35NO5. The zero-order valence-electron chi connectivity index (χ0n) is 22.4. The monoisotopic (exact) mass is 525 g/mol. The van der Waals surface area contributed by atoms with Crippen molar-refractivity contribution in [2.45, 2.75) is 64.2 Å². The zero-order valence-corrected chi connectivity index (χ0v) is 22.4. The maximum Gasteiger partial charge on any atom is 0.224 e. The Kier molecular flexibility index (Phi) is 8.69. The summed E-state index contributed by atoms with van der Waals surface area (Å²) in [5, 5.41) is 12.1. The Labute approximate surface area is 230 Å². The first-order chi connectivity index (χ1) is 19.1. The Hall–Kier alpha value is -3.55. The Morgan fingerprint density at radius 1 is 0.744 bits per heavy atom. The molecule has 0 radical (unpaired) electrons. The lowest BCUT2D eigenvalue weighted by molar-refractivity contribution is -0.250. The fourth-order valence-electron chi connectivity index (χ4n) is 4.97. The van der Waals surface area contributed by atoms with E-state index < -0.39 is 18.0 Å². The molecular weight excluding hydrogens is 490 g/mol. The van der Waals surface area contributed by atoms with E-state index in [0.29, 0.717) is 43.4 Å². The highest BCUT2D eigenvalue weighted by Gasteiger charge is 2.57. The third kappa shape index (κ3) is 6.37. The predicted molar refractivity (Wildman–Crippen MR) is 149 cm³/mol. The molecule has 0 spiro atoms. The van der Waals surface area contributed by atoms with Crippen molar-refractivity contribution in [3.8, 4) is 5.88 Å². The van der Waals surface area contributed by atoms with Gasteiger partial charge in [-0.2, -0.15) is 0 Å². The Bertz CT molecular complexity index is 1320. The lowest BCUT2D eigenvalue weighted by atomic mass is 9.95. The lowest BCUT2D eigenvalue weighted by Gasteiger charge is -2.31. The van der Waals surface area contributed by atoms with Crippen molar-refractivity contribution >= 4 is 0 Å². The average molecular weight is 526 g/mol. The molecule has 1 aromatic heterocycles. The normalized spacial score (nSPS) is 22.6. The molecule has 39 heavy (non-hydrogen) atoms. The molecule has 0 amide bonds. The van der Waals surface area contributed by atoms with E-state index in [-0.39, 0.29) is 6.10 Å². The van der Waals surface area contributed by atoms with E-state index in [9.17, 15) is 5.11 Å². The average Bonchev–Trinajstić information content (AvgIpc) is 3.26. The fraction of sp³-hybridized carbons (Fsp3) is 0.303. The Morgan fingerprint density at radius 2 is 1.28 bits per heavy atom. The third-order valence-electron chi connectivity index (χ3n) is 7.02. The first-order valence-electron chi connectivity index (χ1n) is 13.4. The molecule has 1 unspecified atom stereocenters. The number of aliphatic hydroxyl groups is 1. The molecule has 202 valence electrons. The van der Waals surface area contributed by atoms with Crippen LogP contribution >= 0.6 is 0 Å². The molecule has 0 aliphatic carbocycles. The molecule has 0 bridgehead atoms. The summed E-state index contributed by atoms with van der Waals surface area (Å²) in [6.45, 7) is 4.97. The van der Waals surface area contributed by atoms with Crippen molar-refractivity contribution in [2.24, 2.45) is 0 Å². The highest BCUT2D eigenvalue weighted by molar-refractivity contribution is 5.32. The standard InChI is InChI=1S/C33H35NO5/c1-3-29-31(37-22-26-15-9-5-10-16-26)32(38-23-27-17-11-6-12-18-27)33(35,39-29)28-19-20-30(34-24(28)2)36-21-25-13-7-4-8-14-25/h4-20,29,31-32,35H,3,21-23H2,1-2H3/t29-,31+,32?,33+/m1/s1. The van der Waals surface area contributed by atoms with Crippen LogP contribution in [-0.2, 0) is 39.8 Å². The molecule has 1 saturated heterocycles. The van der Waals surface area contributed by atoms with E-state index >= 15 is 0 Å². The van der Waals surface area contributed by atoms with Crippen LogP contribution in [0.5, 0.6) is 5.88 Å². The minimum atomic E-state index is -1.74. The molecule has 1 aliphatic heterocycles. The Balaban J connectivity index is 1.40. The summed E-state index contributed by atoms with van der Waals surface area (Å²) in [7, 11) is 0. The summed E-state index contributed by atoms with van der Waals surface area (Å²) in [5.41, 5.74) is 4.24. The van der Waals surface area contributed by atoms with Gasteiger partial charge in [0.05, 0.1) is 25.0 Å². The largest absolute Gasteiger partial charge is 0.473 e. The van der Waals surface area contributed by atoms with Crippen molar-refractivity contribution in [2.75, 3.05) is 0 Å². The van der Waals surface area contributed by atoms with Gasteiger partial charge >= 0.3 is 0 Å². The summed E-state index contributed by atoms with van der Waals surface area (Å²) in [5.74, 6) is -1.27. The number of aromatic nitrogens is 1. The molecule has 6 heteroatoms. The van der Waals surface area contributed by atoms with Gasteiger partial charge in [-0.3, -0.25) is 0 Å². The van der Waals surface area contributed by atoms with Gasteiger partial charge in [0.2, 0.25) is 11.7 Å². The first kappa shape index (κ1) is 27.0. The van der Waals surface area contributed by atoms with Crippen LogP contribution in [0.2, 0.25) is 0 Å². The molecule has 6 nitrogen and oxygen atoms in total. The number of nitrogens with zero attached hydrogens (tertiary/aromatic N) is 1. The molecule has 1 aliphatic rings. The number of ether oxygens (including phenoxy) is 4. The van der Waals surface area contributed by atoms with E-state index in [1.165, 1.54) is 0 Å². The van der Waals surface area contributed by atoms with E-state index in [0.717, 1.165) is 16.7 Å². The van der Waals surface area contributed by atoms with Gasteiger partial charge < -0.3 is 24.1 Å². The highest BCUT2D eigenvalue weighted by atomic mass is 16.7. The number of hydrogen-bond acceptors (Lipinski definition) is 6. The summed E-state index contributed by atoms with van der Waals surface area (Å²) in [6.07, 6.45) is -0.981. The smallest absolute Gasteiger partial charge is 0.224 e. The van der Waals surface area contributed by atoms with Crippen molar-refractivity contribution < 1.29 is 24.1 Å². The van der Waals surface area contributed by atoms with Crippen LogP contribution in [0.15, 0.2) is 103 Å². The minimum absolute atomic E-state index is 0.309. The van der Waals surface area contributed by atoms with Crippen molar-refractivity contribution in [1.29, 1.82) is 0 Å². The van der Waals surface area contributed by atoms with E-state index in [1.807, 2.05) is 111 Å². The summed E-state index contributed by atoms with van der Waals surface area (Å²) in [4.78, 5) is 4.64. The predicted octanol–water partition coefficient (Wildman–Crippen LogP) is 6.09. The molecule has 1 fully saturated rings. The zero-order chi connectivity index (χ0) is 27.1. The third-order valence-corrected chi connectivity index (χ3v) is 7.02. The first-order valence-corrected chi connectivity index (χ1v) is 13.4. The summed E-state index contributed by atoms with van der Waals surface area (Å²) < 4.78 is 25.1. The second-order valence-electron chi connectivity index (χ2n) is 9.80. The van der Waals surface area contributed by atoms with Crippen LogP contribution in [0, 0.1) is 6.92 Å². The molecule has 4 aromatic rings. The second-order valence-corrected chi connectivity index (χ2v) is 9.80. The quantitative estimate of drug-likeness (QED) is 0.255. The van der Waals surface area contributed by atoms with Crippen LogP contribution in [0.25, 0.3) is 0 Å². The van der Waals surface area contributed by atoms with Gasteiger partial charge in [0, 0.05) is 11.6 Å². The van der Waals surface area contributed by atoms with Crippen LogP contribution in [0.3, 0.4) is 0 Å². The molecule has 2 heterocycles. The van der Waals surface area contributed by atoms with Crippen LogP contribution in [-0.4, -0.2) is 28.4 Å². The summed E-state index contributed by atoms with van der Waals surface area (Å²) in [6, 6.07) is 33.4. The highest BCUT2D eigenvalue weighted by Crippen LogP contribution is 2.43. The molecule has 5 rings (SSSR count). The van der Waals surface area contributed by atoms with Gasteiger partial charge in [-0.15, -0.1) is 0 Å².